The van der Waals surface area contributed by atoms with Gasteiger partial charge in [-0.3, -0.25) is 0 Å². The van der Waals surface area contributed by atoms with Crippen LogP contribution in [0.2, 0.25) is 5.02 Å². The van der Waals surface area contributed by atoms with Crippen molar-refractivity contribution < 1.29 is 0 Å². The Bertz CT molecular complexity index is 339. The van der Waals surface area contributed by atoms with Crippen molar-refractivity contribution in [2.75, 3.05) is 0 Å². The number of benzene rings is 1. The molecule has 1 atom stereocenters. The Morgan fingerprint density at radius 2 is 2.13 bits per heavy atom. The first-order valence-corrected chi connectivity index (χ1v) is 6.04. The second-order valence-corrected chi connectivity index (χ2v) is 5.27. The van der Waals surface area contributed by atoms with Gasteiger partial charge in [-0.05, 0) is 30.0 Å². The van der Waals surface area contributed by atoms with Crippen molar-refractivity contribution in [3.63, 3.8) is 0 Å². The number of hydrogen-bond donors (Lipinski definition) is 1. The molecule has 1 fully saturated rings. The van der Waals surface area contributed by atoms with E-state index in [-0.39, 0.29) is 18.4 Å². The van der Waals surface area contributed by atoms with Crippen LogP contribution in [0.5, 0.6) is 0 Å². The highest BCUT2D eigenvalue weighted by Crippen LogP contribution is 2.38. The number of halogens is 3. The van der Waals surface area contributed by atoms with Gasteiger partial charge in [0.15, 0.2) is 0 Å². The molecule has 0 radical (unpaired) electrons. The molecule has 1 aliphatic carbocycles. The topological polar surface area (TPSA) is 26.0 Å². The largest absolute Gasteiger partial charge is 0.324 e. The van der Waals surface area contributed by atoms with Crippen molar-refractivity contribution in [3.05, 3.63) is 33.3 Å². The molecule has 84 valence electrons. The predicted octanol–water partition coefficient (Wildman–Crippen LogP) is 4.32. The van der Waals surface area contributed by atoms with E-state index in [0.717, 1.165) is 27.4 Å². The summed E-state index contributed by atoms with van der Waals surface area (Å²) in [6.07, 6.45) is 3.74. The van der Waals surface area contributed by atoms with Crippen LogP contribution in [-0.2, 0) is 0 Å². The molecule has 15 heavy (non-hydrogen) atoms. The van der Waals surface area contributed by atoms with Gasteiger partial charge in [0.2, 0.25) is 0 Å². The Morgan fingerprint density at radius 1 is 1.47 bits per heavy atom. The standard InChI is InChI=1S/C11H13BrClN.ClH/c12-8-3-4-9(10(13)6-8)11(14)5-7-1-2-7;/h3-4,6-7,11H,1-2,5,14H2;1H/t11-;/m1./s1. The molecule has 1 aromatic carbocycles. The summed E-state index contributed by atoms with van der Waals surface area (Å²) in [5.41, 5.74) is 7.16. The minimum absolute atomic E-state index is 0. The van der Waals surface area contributed by atoms with Gasteiger partial charge in [0, 0.05) is 15.5 Å². The number of rotatable bonds is 3. The van der Waals surface area contributed by atoms with Crippen molar-refractivity contribution in [1.82, 2.24) is 0 Å². The minimum Gasteiger partial charge on any atom is -0.324 e. The third-order valence-corrected chi connectivity index (χ3v) is 3.47. The highest BCUT2D eigenvalue weighted by Gasteiger charge is 2.25. The lowest BCUT2D eigenvalue weighted by Gasteiger charge is -2.13. The van der Waals surface area contributed by atoms with Crippen LogP contribution in [0.4, 0.5) is 0 Å². The van der Waals surface area contributed by atoms with E-state index in [4.69, 9.17) is 17.3 Å². The van der Waals surface area contributed by atoms with Crippen molar-refractivity contribution in [2.24, 2.45) is 11.7 Å². The Labute approximate surface area is 110 Å². The zero-order chi connectivity index (χ0) is 10.1. The fourth-order valence-corrected chi connectivity index (χ4v) is 2.46. The molecule has 0 saturated heterocycles. The average molecular weight is 311 g/mol. The maximum Gasteiger partial charge on any atom is 0.0464 e. The molecule has 0 unspecified atom stereocenters. The van der Waals surface area contributed by atoms with Crippen LogP contribution < -0.4 is 5.73 Å². The Kier molecular flexibility index (Phi) is 4.91. The van der Waals surface area contributed by atoms with E-state index < -0.39 is 0 Å². The predicted molar refractivity (Wildman–Crippen MR) is 70.7 cm³/mol. The van der Waals surface area contributed by atoms with Crippen LogP contribution >= 0.6 is 39.9 Å². The van der Waals surface area contributed by atoms with Gasteiger partial charge in [0.1, 0.15) is 0 Å². The van der Waals surface area contributed by atoms with E-state index >= 15 is 0 Å². The molecule has 1 saturated carbocycles. The fourth-order valence-electron chi connectivity index (χ4n) is 1.64. The maximum absolute atomic E-state index is 6.12. The molecule has 4 heteroatoms. The number of hydrogen-bond acceptors (Lipinski definition) is 1. The molecule has 2 N–H and O–H groups in total. The second kappa shape index (κ2) is 5.53. The molecule has 0 aliphatic heterocycles. The van der Waals surface area contributed by atoms with Crippen LogP contribution in [0.1, 0.15) is 30.9 Å². The molecule has 1 aromatic rings. The zero-order valence-electron chi connectivity index (χ0n) is 8.25. The molecule has 0 spiro atoms. The monoisotopic (exact) mass is 309 g/mol. The first-order valence-electron chi connectivity index (χ1n) is 4.87. The average Bonchev–Trinajstić information content (AvgIpc) is 2.87. The van der Waals surface area contributed by atoms with Crippen LogP contribution in [0.15, 0.2) is 22.7 Å². The molecule has 0 heterocycles. The SMILES string of the molecule is Cl.N[C@H](CC1CC1)c1ccc(Br)cc1Cl. The van der Waals surface area contributed by atoms with E-state index in [1.54, 1.807) is 0 Å². The zero-order valence-corrected chi connectivity index (χ0v) is 11.4. The highest BCUT2D eigenvalue weighted by atomic mass is 79.9. The van der Waals surface area contributed by atoms with E-state index in [2.05, 4.69) is 15.9 Å². The quantitative estimate of drug-likeness (QED) is 0.884. The second-order valence-electron chi connectivity index (χ2n) is 3.95. The molecule has 2 rings (SSSR count). The van der Waals surface area contributed by atoms with Crippen LogP contribution in [0.25, 0.3) is 0 Å². The van der Waals surface area contributed by atoms with Crippen LogP contribution in [0, 0.1) is 5.92 Å². The first-order chi connectivity index (χ1) is 6.66. The summed E-state index contributed by atoms with van der Waals surface area (Å²) < 4.78 is 1.00. The Hall–Kier alpha value is 0.240. The van der Waals surface area contributed by atoms with Crippen LogP contribution in [0.3, 0.4) is 0 Å². The lowest BCUT2D eigenvalue weighted by Crippen LogP contribution is -2.11. The summed E-state index contributed by atoms with van der Waals surface area (Å²) >= 11 is 9.50. The summed E-state index contributed by atoms with van der Waals surface area (Å²) in [5.74, 6) is 0.838. The molecular weight excluding hydrogens is 297 g/mol. The number of nitrogens with two attached hydrogens (primary N) is 1. The van der Waals surface area contributed by atoms with Crippen molar-refractivity contribution in [2.45, 2.75) is 25.3 Å². The molecule has 0 aromatic heterocycles. The van der Waals surface area contributed by atoms with Gasteiger partial charge in [-0.25, -0.2) is 0 Å². The Balaban J connectivity index is 0.00000112. The van der Waals surface area contributed by atoms with Gasteiger partial charge >= 0.3 is 0 Å². The van der Waals surface area contributed by atoms with Crippen molar-refractivity contribution in [3.8, 4) is 0 Å². The highest BCUT2D eigenvalue weighted by molar-refractivity contribution is 9.10. The lowest BCUT2D eigenvalue weighted by molar-refractivity contribution is 0.597. The van der Waals surface area contributed by atoms with Gasteiger partial charge in [0.05, 0.1) is 0 Å². The molecule has 0 amide bonds. The van der Waals surface area contributed by atoms with E-state index in [1.807, 2.05) is 18.2 Å². The molecular formula is C11H14BrCl2N. The van der Waals surface area contributed by atoms with Gasteiger partial charge in [-0.15, -0.1) is 12.4 Å². The van der Waals surface area contributed by atoms with Gasteiger partial charge < -0.3 is 5.73 Å². The summed E-state index contributed by atoms with van der Waals surface area (Å²) in [4.78, 5) is 0. The Morgan fingerprint density at radius 3 is 2.67 bits per heavy atom. The van der Waals surface area contributed by atoms with Gasteiger partial charge in [-0.1, -0.05) is 46.4 Å². The summed E-state index contributed by atoms with van der Waals surface area (Å²) in [6.45, 7) is 0. The lowest BCUT2D eigenvalue weighted by atomic mass is 10.0. The maximum atomic E-state index is 6.12. The summed E-state index contributed by atoms with van der Waals surface area (Å²) in [5, 5.41) is 0.771. The van der Waals surface area contributed by atoms with E-state index in [9.17, 15) is 0 Å². The van der Waals surface area contributed by atoms with Gasteiger partial charge in [0.25, 0.3) is 0 Å². The van der Waals surface area contributed by atoms with Crippen LogP contribution in [-0.4, -0.2) is 0 Å². The molecule has 1 aliphatic rings. The van der Waals surface area contributed by atoms with E-state index in [0.29, 0.717) is 0 Å². The third kappa shape index (κ3) is 3.63. The normalized spacial score (nSPS) is 17.0. The molecule has 0 bridgehead atoms. The summed E-state index contributed by atoms with van der Waals surface area (Å²) in [7, 11) is 0. The van der Waals surface area contributed by atoms with E-state index in [1.165, 1.54) is 12.8 Å². The first kappa shape index (κ1) is 13.3. The van der Waals surface area contributed by atoms with Crippen molar-refractivity contribution in [1.29, 1.82) is 0 Å². The van der Waals surface area contributed by atoms with Gasteiger partial charge in [-0.2, -0.15) is 0 Å². The summed E-state index contributed by atoms with van der Waals surface area (Å²) in [6, 6.07) is 6.01. The van der Waals surface area contributed by atoms with Crippen molar-refractivity contribution >= 4 is 39.9 Å². The molecule has 1 nitrogen and oxygen atoms in total. The smallest absolute Gasteiger partial charge is 0.0464 e. The minimum atomic E-state index is 0. The fraction of sp³-hybridized carbons (Fsp3) is 0.455. The third-order valence-electron chi connectivity index (χ3n) is 2.65.